The Labute approximate surface area is 152 Å². The molecule has 136 valence electrons. The monoisotopic (exact) mass is 354 g/mol. The molecule has 0 saturated carbocycles. The van der Waals surface area contributed by atoms with Crippen molar-refractivity contribution in [2.24, 2.45) is 0 Å². The number of aliphatic hydroxyl groups is 1. The van der Waals surface area contributed by atoms with Gasteiger partial charge in [-0.25, -0.2) is 0 Å². The molecule has 0 fully saturated rings. The number of Topliss-reactive ketones (excluding diaryl/α,β-unsaturated/α-hetero) is 1. The normalized spacial score (nSPS) is 12.8. The SMILES string of the molecule is CNC(=O)C(C)(C(=O)CO)N(C)C(=O)c1ccc(-c2ccccc2)cc1. The molecule has 2 rings (SSSR count). The molecule has 6 nitrogen and oxygen atoms in total. The van der Waals surface area contributed by atoms with Crippen LogP contribution in [-0.4, -0.2) is 53.8 Å². The minimum atomic E-state index is -1.79. The lowest BCUT2D eigenvalue weighted by molar-refractivity contribution is -0.143. The first-order valence-corrected chi connectivity index (χ1v) is 8.16. The van der Waals surface area contributed by atoms with Crippen molar-refractivity contribution in [2.75, 3.05) is 20.7 Å². The number of amides is 2. The van der Waals surface area contributed by atoms with Crippen LogP contribution in [0.2, 0.25) is 0 Å². The van der Waals surface area contributed by atoms with Gasteiger partial charge in [0.15, 0.2) is 11.3 Å². The van der Waals surface area contributed by atoms with Gasteiger partial charge < -0.3 is 15.3 Å². The number of carbonyl (C=O) groups excluding carboxylic acids is 3. The molecule has 0 spiro atoms. The summed E-state index contributed by atoms with van der Waals surface area (Å²) >= 11 is 0. The highest BCUT2D eigenvalue weighted by molar-refractivity contribution is 6.14. The van der Waals surface area contributed by atoms with Gasteiger partial charge in [-0.2, -0.15) is 0 Å². The summed E-state index contributed by atoms with van der Waals surface area (Å²) in [4.78, 5) is 38.2. The van der Waals surface area contributed by atoms with Gasteiger partial charge in [0.05, 0.1) is 0 Å². The standard InChI is InChI=1S/C20H22N2O4/c1-20(17(24)13-23,19(26)21-2)22(3)18(25)16-11-9-15(10-12-16)14-7-5-4-6-8-14/h4-12,23H,13H2,1-3H3,(H,21,26). The average Bonchev–Trinajstić information content (AvgIpc) is 2.71. The van der Waals surface area contributed by atoms with Crippen LogP contribution in [0.4, 0.5) is 0 Å². The van der Waals surface area contributed by atoms with E-state index < -0.39 is 29.7 Å². The summed E-state index contributed by atoms with van der Waals surface area (Å²) in [7, 11) is 2.74. The Morgan fingerprint density at radius 1 is 1.00 bits per heavy atom. The largest absolute Gasteiger partial charge is 0.388 e. The van der Waals surface area contributed by atoms with Crippen LogP contribution in [0.3, 0.4) is 0 Å². The van der Waals surface area contributed by atoms with Gasteiger partial charge in [0.2, 0.25) is 0 Å². The second-order valence-corrected chi connectivity index (χ2v) is 6.04. The molecule has 2 N–H and O–H groups in total. The fourth-order valence-corrected chi connectivity index (χ4v) is 2.70. The average molecular weight is 354 g/mol. The molecule has 2 aromatic rings. The van der Waals surface area contributed by atoms with E-state index in [0.29, 0.717) is 5.56 Å². The molecule has 2 aromatic carbocycles. The highest BCUT2D eigenvalue weighted by Gasteiger charge is 2.46. The van der Waals surface area contributed by atoms with Crippen molar-refractivity contribution >= 4 is 17.6 Å². The van der Waals surface area contributed by atoms with Crippen LogP contribution in [0.25, 0.3) is 11.1 Å². The van der Waals surface area contributed by atoms with Crippen LogP contribution in [0, 0.1) is 0 Å². The number of nitrogens with zero attached hydrogens (tertiary/aromatic N) is 1. The maximum absolute atomic E-state index is 12.8. The Hall–Kier alpha value is -2.99. The minimum absolute atomic E-state index is 0.341. The second-order valence-electron chi connectivity index (χ2n) is 6.04. The second kappa shape index (κ2) is 7.93. The number of nitrogens with one attached hydrogen (secondary N) is 1. The van der Waals surface area contributed by atoms with Gasteiger partial charge in [0.25, 0.3) is 11.8 Å². The summed E-state index contributed by atoms with van der Waals surface area (Å²) in [6.07, 6.45) is 0. The Morgan fingerprint density at radius 2 is 1.54 bits per heavy atom. The molecular formula is C20H22N2O4. The van der Waals surface area contributed by atoms with Gasteiger partial charge in [-0.1, -0.05) is 42.5 Å². The van der Waals surface area contributed by atoms with Gasteiger partial charge in [0.1, 0.15) is 6.61 Å². The number of benzene rings is 2. The lowest BCUT2D eigenvalue weighted by atomic mass is 9.92. The number of ketones is 1. The van der Waals surface area contributed by atoms with E-state index in [1.54, 1.807) is 12.1 Å². The van der Waals surface area contributed by atoms with Crippen LogP contribution in [0.5, 0.6) is 0 Å². The molecule has 26 heavy (non-hydrogen) atoms. The van der Waals surface area contributed by atoms with Crippen LogP contribution < -0.4 is 5.32 Å². The first-order valence-electron chi connectivity index (χ1n) is 8.16. The smallest absolute Gasteiger partial charge is 0.254 e. The van der Waals surface area contributed by atoms with E-state index in [1.165, 1.54) is 21.0 Å². The van der Waals surface area contributed by atoms with Crippen molar-refractivity contribution in [3.05, 3.63) is 60.2 Å². The van der Waals surface area contributed by atoms with Crippen molar-refractivity contribution in [3.63, 3.8) is 0 Å². The molecule has 0 radical (unpaired) electrons. The third-order valence-corrected chi connectivity index (χ3v) is 4.57. The summed E-state index contributed by atoms with van der Waals surface area (Å²) in [6, 6.07) is 16.6. The zero-order valence-electron chi connectivity index (χ0n) is 15.0. The zero-order chi connectivity index (χ0) is 19.3. The van der Waals surface area contributed by atoms with E-state index in [1.807, 2.05) is 42.5 Å². The topological polar surface area (TPSA) is 86.7 Å². The van der Waals surface area contributed by atoms with Crippen molar-refractivity contribution in [3.8, 4) is 11.1 Å². The first kappa shape index (κ1) is 19.3. The Morgan fingerprint density at radius 3 is 2.04 bits per heavy atom. The molecule has 1 atom stereocenters. The number of hydrogen-bond acceptors (Lipinski definition) is 4. The van der Waals surface area contributed by atoms with E-state index in [4.69, 9.17) is 0 Å². The molecule has 0 saturated heterocycles. The Kier molecular flexibility index (Phi) is 5.90. The van der Waals surface area contributed by atoms with Crippen LogP contribution in [-0.2, 0) is 9.59 Å². The molecular weight excluding hydrogens is 332 g/mol. The molecule has 6 heteroatoms. The predicted octanol–water partition coefficient (Wildman–Crippen LogP) is 1.49. The van der Waals surface area contributed by atoms with Crippen molar-refractivity contribution in [2.45, 2.75) is 12.5 Å². The first-order chi connectivity index (χ1) is 12.4. The zero-order valence-corrected chi connectivity index (χ0v) is 15.0. The molecule has 0 aliphatic carbocycles. The molecule has 0 aromatic heterocycles. The van der Waals surface area contributed by atoms with Gasteiger partial charge in [-0.05, 0) is 30.2 Å². The lowest BCUT2D eigenvalue weighted by Gasteiger charge is -2.35. The van der Waals surface area contributed by atoms with Gasteiger partial charge in [-0.15, -0.1) is 0 Å². The number of rotatable bonds is 6. The van der Waals surface area contributed by atoms with Gasteiger partial charge in [-0.3, -0.25) is 14.4 Å². The van der Waals surface area contributed by atoms with Crippen LogP contribution >= 0.6 is 0 Å². The van der Waals surface area contributed by atoms with Crippen LogP contribution in [0.15, 0.2) is 54.6 Å². The van der Waals surface area contributed by atoms with E-state index in [2.05, 4.69) is 5.32 Å². The van der Waals surface area contributed by atoms with Crippen molar-refractivity contribution in [1.82, 2.24) is 10.2 Å². The fourth-order valence-electron chi connectivity index (χ4n) is 2.70. The predicted molar refractivity (Wildman–Crippen MR) is 98.5 cm³/mol. The van der Waals surface area contributed by atoms with Crippen molar-refractivity contribution < 1.29 is 19.5 Å². The number of carbonyl (C=O) groups is 3. The number of aliphatic hydroxyl groups excluding tert-OH is 1. The molecule has 0 heterocycles. The van der Waals surface area contributed by atoms with Crippen molar-refractivity contribution in [1.29, 1.82) is 0 Å². The quantitative estimate of drug-likeness (QED) is 0.770. The Balaban J connectivity index is 2.32. The molecule has 2 amide bonds. The van der Waals surface area contributed by atoms with Gasteiger partial charge in [0, 0.05) is 19.7 Å². The maximum Gasteiger partial charge on any atom is 0.254 e. The van der Waals surface area contributed by atoms with E-state index in [0.717, 1.165) is 16.0 Å². The number of likely N-dealkylation sites (N-methyl/N-ethyl adjacent to an activating group) is 2. The fraction of sp³-hybridized carbons (Fsp3) is 0.250. The third kappa shape index (κ3) is 3.50. The number of hydrogen-bond donors (Lipinski definition) is 2. The highest BCUT2D eigenvalue weighted by atomic mass is 16.3. The van der Waals surface area contributed by atoms with E-state index in [-0.39, 0.29) is 0 Å². The summed E-state index contributed by atoms with van der Waals surface area (Å²) in [6.45, 7) is 0.481. The maximum atomic E-state index is 12.8. The minimum Gasteiger partial charge on any atom is -0.388 e. The summed E-state index contributed by atoms with van der Waals surface area (Å²) in [5.41, 5.74) is 0.516. The Bertz CT molecular complexity index is 784. The summed E-state index contributed by atoms with van der Waals surface area (Å²) in [5.74, 6) is -1.90. The summed E-state index contributed by atoms with van der Waals surface area (Å²) in [5, 5.41) is 11.6. The molecule has 0 bridgehead atoms. The third-order valence-electron chi connectivity index (χ3n) is 4.57. The molecule has 1 unspecified atom stereocenters. The molecule has 0 aliphatic heterocycles. The highest BCUT2D eigenvalue weighted by Crippen LogP contribution is 2.22. The molecule has 0 aliphatic rings. The summed E-state index contributed by atoms with van der Waals surface area (Å²) < 4.78 is 0. The van der Waals surface area contributed by atoms with Gasteiger partial charge >= 0.3 is 0 Å². The lowest BCUT2D eigenvalue weighted by Crippen LogP contribution is -2.62. The van der Waals surface area contributed by atoms with E-state index in [9.17, 15) is 19.5 Å². The van der Waals surface area contributed by atoms with Crippen LogP contribution in [0.1, 0.15) is 17.3 Å². The van der Waals surface area contributed by atoms with E-state index >= 15 is 0 Å².